The Balaban J connectivity index is 0. The van der Waals surface area contributed by atoms with Crippen LogP contribution < -0.4 is 34.0 Å². The highest BCUT2D eigenvalue weighted by Gasteiger charge is 2.04. The van der Waals surface area contributed by atoms with Crippen LogP contribution in [0.2, 0.25) is 0 Å². The van der Waals surface area contributed by atoms with Gasteiger partial charge >= 0.3 is 0 Å². The molecule has 76 valence electrons. The minimum absolute atomic E-state index is 0. The molecule has 4 heteroatoms. The van der Waals surface area contributed by atoms with Gasteiger partial charge in [-0.15, -0.1) is 0 Å². The van der Waals surface area contributed by atoms with E-state index in [9.17, 15) is 0 Å². The van der Waals surface area contributed by atoms with E-state index in [0.717, 1.165) is 0 Å². The summed E-state index contributed by atoms with van der Waals surface area (Å²) in [5, 5.41) is 0. The molecule has 0 aromatic carbocycles. The summed E-state index contributed by atoms with van der Waals surface area (Å²) in [5.74, 6) is 5.89. The second-order valence-electron chi connectivity index (χ2n) is 2.76. The van der Waals surface area contributed by atoms with Gasteiger partial charge in [0.05, 0.1) is 0 Å². The van der Waals surface area contributed by atoms with E-state index >= 15 is 0 Å². The molecule has 0 spiro atoms. The fraction of sp³-hybridized carbons (Fsp3) is 1.00. The molecule has 2 heterocycles. The fourth-order valence-electron chi connectivity index (χ4n) is 1.12. The molecule has 2 aliphatic heterocycles. The Bertz CT molecular complexity index is 48.2. The predicted molar refractivity (Wildman–Crippen MR) is 55.5 cm³/mol. The molecule has 2 saturated heterocycles. The third kappa shape index (κ3) is 9.75. The Kier molecular flexibility index (Phi) is 17.0. The van der Waals surface area contributed by atoms with E-state index in [1.165, 1.54) is 48.7 Å². The number of hydrogen-bond donors (Lipinski definition) is 0. The first-order valence-electron chi connectivity index (χ1n) is 4.26. The predicted octanol–water partition coefficient (Wildman–Crippen LogP) is -4.80. The average Bonchev–Trinajstić information content (AvgIpc) is 2.67. The van der Waals surface area contributed by atoms with Gasteiger partial charge in [-0.2, -0.15) is 0 Å². The second-order valence-corrected chi connectivity index (χ2v) is 5.44. The molecule has 0 amide bonds. The van der Waals surface area contributed by atoms with Crippen LogP contribution in [0.1, 0.15) is 25.7 Å². The molecule has 0 N–H and O–H groups in total. The van der Waals surface area contributed by atoms with Crippen LogP contribution in [-0.2, 0) is 23.5 Å². The number of rotatable bonds is 0. The molecule has 0 nitrogen and oxygen atoms in total. The van der Waals surface area contributed by atoms with Crippen molar-refractivity contribution in [2.75, 3.05) is 23.0 Å². The lowest BCUT2D eigenvalue weighted by atomic mass is 10.4. The maximum atomic E-state index is 1.69. The van der Waals surface area contributed by atoms with Crippen LogP contribution in [0.15, 0.2) is 0 Å². The van der Waals surface area contributed by atoms with Gasteiger partial charge < -0.3 is 34.0 Å². The largest absolute Gasteiger partial charge is 1.00 e. The maximum Gasteiger partial charge on any atom is 0.106 e. The second kappa shape index (κ2) is 12.7. The molecule has 0 radical (unpaired) electrons. The lowest BCUT2D eigenvalue weighted by molar-refractivity contribution is -0.001000. The number of halogens is 2. The lowest BCUT2D eigenvalue weighted by Gasteiger charge is -1.59. The molecule has 0 saturated carbocycles. The van der Waals surface area contributed by atoms with Crippen LogP contribution >= 0.6 is 0 Å². The van der Waals surface area contributed by atoms with Gasteiger partial charge in [0, 0.05) is 0 Å². The Morgan fingerprint density at radius 1 is 0.500 bits per heavy atom. The maximum absolute atomic E-state index is 1.69. The van der Waals surface area contributed by atoms with Crippen molar-refractivity contribution < 1.29 is 34.0 Å². The summed E-state index contributed by atoms with van der Waals surface area (Å²) < 4.78 is 0. The Morgan fingerprint density at radius 3 is 0.833 bits per heavy atom. The zero-order valence-electron chi connectivity index (χ0n) is 7.31. The smallest absolute Gasteiger partial charge is 0.106 e. The van der Waals surface area contributed by atoms with Crippen molar-refractivity contribution in [2.45, 2.75) is 25.7 Å². The summed E-state index contributed by atoms with van der Waals surface area (Å²) in [6.45, 7) is 0. The summed E-state index contributed by atoms with van der Waals surface area (Å²) in [7, 11) is 0. The van der Waals surface area contributed by atoms with E-state index in [0.29, 0.717) is 0 Å². The van der Waals surface area contributed by atoms with E-state index in [2.05, 4.69) is 0 Å². The van der Waals surface area contributed by atoms with Crippen LogP contribution in [0.25, 0.3) is 0 Å². The quantitative estimate of drug-likeness (QED) is 0.307. The number of thiol groups is 2. The molecular weight excluding hydrogens is 320 g/mol. The molecule has 2 fully saturated rings. The third-order valence-electron chi connectivity index (χ3n) is 1.76. The van der Waals surface area contributed by atoms with Gasteiger partial charge in [-0.1, -0.05) is 0 Å². The van der Waals surface area contributed by atoms with Crippen molar-refractivity contribution in [3.63, 3.8) is 0 Å². The van der Waals surface area contributed by atoms with E-state index in [4.69, 9.17) is 0 Å². The standard InChI is InChI=1S/2C4H8S.2BrH/c2*1-2-4-5-3-1;;/h2*1-4H2;2*1H. The van der Waals surface area contributed by atoms with Crippen LogP contribution in [-0.4, -0.2) is 23.0 Å². The first-order chi connectivity index (χ1) is 5.00. The minimum Gasteiger partial charge on any atom is -1.00 e. The summed E-state index contributed by atoms with van der Waals surface area (Å²) >= 11 is 3.38. The highest BCUT2D eigenvalue weighted by atomic mass is 79.9. The zero-order valence-corrected chi connectivity index (χ0v) is 12.3. The van der Waals surface area contributed by atoms with E-state index in [1.807, 2.05) is 0 Å². The van der Waals surface area contributed by atoms with Gasteiger partial charge in [0.2, 0.25) is 0 Å². The fourth-order valence-corrected chi connectivity index (χ4v) is 3.35. The first-order valence-corrected chi connectivity index (χ1v) is 6.79. The Morgan fingerprint density at radius 2 is 0.750 bits per heavy atom. The van der Waals surface area contributed by atoms with Crippen LogP contribution in [0, 0.1) is 0 Å². The molecule has 0 aromatic rings. The highest BCUT2D eigenvalue weighted by Crippen LogP contribution is 1.99. The third-order valence-corrected chi connectivity index (χ3v) is 4.29. The molecule has 0 atom stereocenters. The molecule has 0 aliphatic carbocycles. The normalized spacial score (nSPS) is 20.0. The molecule has 0 aromatic heterocycles. The summed E-state index contributed by atoms with van der Waals surface area (Å²) in [6, 6.07) is 0. The van der Waals surface area contributed by atoms with Gasteiger partial charge in [0.25, 0.3) is 0 Å². The van der Waals surface area contributed by atoms with Gasteiger partial charge in [0.15, 0.2) is 0 Å². The van der Waals surface area contributed by atoms with Gasteiger partial charge in [-0.05, 0) is 49.2 Å². The topological polar surface area (TPSA) is 0 Å². The van der Waals surface area contributed by atoms with Crippen molar-refractivity contribution in [1.82, 2.24) is 0 Å². The van der Waals surface area contributed by atoms with E-state index < -0.39 is 0 Å². The van der Waals surface area contributed by atoms with Crippen molar-refractivity contribution in [2.24, 2.45) is 0 Å². The molecular formula is C8H18Br2S2. The van der Waals surface area contributed by atoms with Crippen molar-refractivity contribution >= 4 is 23.5 Å². The molecule has 2 rings (SSSR count). The Hall–Kier alpha value is 1.66. The van der Waals surface area contributed by atoms with Crippen LogP contribution in [0.4, 0.5) is 0 Å². The van der Waals surface area contributed by atoms with Crippen LogP contribution in [0.5, 0.6) is 0 Å². The molecule has 0 unspecified atom stereocenters. The van der Waals surface area contributed by atoms with E-state index in [-0.39, 0.29) is 34.0 Å². The summed E-state index contributed by atoms with van der Waals surface area (Å²) in [5.41, 5.74) is 0. The first kappa shape index (κ1) is 16.1. The lowest BCUT2D eigenvalue weighted by Crippen LogP contribution is -3.00. The average molecular weight is 338 g/mol. The summed E-state index contributed by atoms with van der Waals surface area (Å²) in [6.07, 6.45) is 5.95. The van der Waals surface area contributed by atoms with Gasteiger partial charge in [-0.3, -0.25) is 0 Å². The number of hydrogen-bond acceptors (Lipinski definition) is 0. The SMILES string of the molecule is C1CC[SH+]C1.C1CC[SH+]C1.[Br-].[Br-]. The Labute approximate surface area is 106 Å². The van der Waals surface area contributed by atoms with Crippen LogP contribution in [0.3, 0.4) is 0 Å². The highest BCUT2D eigenvalue weighted by molar-refractivity contribution is 7.78. The van der Waals surface area contributed by atoms with E-state index in [1.54, 1.807) is 23.5 Å². The monoisotopic (exact) mass is 336 g/mol. The summed E-state index contributed by atoms with van der Waals surface area (Å²) in [4.78, 5) is 0. The zero-order chi connectivity index (χ0) is 7.07. The van der Waals surface area contributed by atoms with Crippen molar-refractivity contribution in [1.29, 1.82) is 0 Å². The van der Waals surface area contributed by atoms with Gasteiger partial charge in [0.1, 0.15) is 23.0 Å². The minimum atomic E-state index is 0. The molecule has 0 bridgehead atoms. The van der Waals surface area contributed by atoms with Gasteiger partial charge in [-0.25, -0.2) is 0 Å². The molecule has 12 heavy (non-hydrogen) atoms. The van der Waals surface area contributed by atoms with Crippen molar-refractivity contribution in [3.8, 4) is 0 Å². The van der Waals surface area contributed by atoms with Crippen molar-refractivity contribution in [3.05, 3.63) is 0 Å². The molecule has 2 aliphatic rings.